The van der Waals surface area contributed by atoms with Gasteiger partial charge in [-0.25, -0.2) is 0 Å². The fourth-order valence-electron chi connectivity index (χ4n) is 2.70. The Balaban J connectivity index is 0.00000529. The van der Waals surface area contributed by atoms with Crippen molar-refractivity contribution in [3.05, 3.63) is 0 Å². The van der Waals surface area contributed by atoms with Gasteiger partial charge in [0, 0.05) is 17.8 Å². The smallest absolute Gasteiger partial charge is 0.191 e. The van der Waals surface area contributed by atoms with Crippen LogP contribution in [0.3, 0.4) is 0 Å². The standard InChI is InChI=1S/C18H38N4S.HI/c1-5-19-17(21-16-18(2,3)23-4)20-12-8-6-9-13-22-14-10-7-11-15-22;/h5-16H2,1-4H3,(H2,19,20,21);1H. The molecule has 0 unspecified atom stereocenters. The molecular weight excluding hydrogens is 431 g/mol. The molecule has 1 fully saturated rings. The van der Waals surface area contributed by atoms with E-state index < -0.39 is 0 Å². The van der Waals surface area contributed by atoms with Crippen LogP contribution >= 0.6 is 35.7 Å². The van der Waals surface area contributed by atoms with Crippen LogP contribution in [0, 0.1) is 0 Å². The normalized spacial score (nSPS) is 16.6. The lowest BCUT2D eigenvalue weighted by molar-refractivity contribution is 0.224. The highest BCUT2D eigenvalue weighted by Gasteiger charge is 2.15. The van der Waals surface area contributed by atoms with E-state index in [9.17, 15) is 0 Å². The van der Waals surface area contributed by atoms with E-state index in [-0.39, 0.29) is 28.7 Å². The maximum Gasteiger partial charge on any atom is 0.191 e. The fraction of sp³-hybridized carbons (Fsp3) is 0.944. The number of aliphatic imine (C=N–C) groups is 1. The van der Waals surface area contributed by atoms with Crippen molar-refractivity contribution in [2.45, 2.75) is 64.0 Å². The summed E-state index contributed by atoms with van der Waals surface area (Å²) in [4.78, 5) is 7.34. The Morgan fingerprint density at radius 1 is 1.08 bits per heavy atom. The second-order valence-corrected chi connectivity index (χ2v) is 8.56. The van der Waals surface area contributed by atoms with Crippen LogP contribution in [-0.4, -0.2) is 61.1 Å². The molecule has 0 bridgehead atoms. The molecule has 0 aromatic heterocycles. The predicted molar refractivity (Wildman–Crippen MR) is 121 cm³/mol. The quantitative estimate of drug-likeness (QED) is 0.220. The van der Waals surface area contributed by atoms with Gasteiger partial charge in [0.2, 0.25) is 0 Å². The van der Waals surface area contributed by atoms with Gasteiger partial charge in [-0.3, -0.25) is 4.99 Å². The molecule has 0 amide bonds. The number of piperidine rings is 1. The molecule has 0 radical (unpaired) electrons. The van der Waals surface area contributed by atoms with Gasteiger partial charge in [0.05, 0.1) is 6.54 Å². The SMILES string of the molecule is CCNC(=NCC(C)(C)SC)NCCCCCN1CCCCC1.I. The average molecular weight is 471 g/mol. The van der Waals surface area contributed by atoms with Crippen LogP contribution in [-0.2, 0) is 0 Å². The molecule has 144 valence electrons. The van der Waals surface area contributed by atoms with Crippen LogP contribution in [0.4, 0.5) is 0 Å². The number of thioether (sulfide) groups is 1. The Labute approximate surface area is 171 Å². The summed E-state index contributed by atoms with van der Waals surface area (Å²) < 4.78 is 0.205. The van der Waals surface area contributed by atoms with Crippen LogP contribution in [0.25, 0.3) is 0 Å². The summed E-state index contributed by atoms with van der Waals surface area (Å²) in [6.07, 6.45) is 10.2. The van der Waals surface area contributed by atoms with Crippen LogP contribution in [0.15, 0.2) is 4.99 Å². The second-order valence-electron chi connectivity index (χ2n) is 7.05. The van der Waals surface area contributed by atoms with E-state index in [0.29, 0.717) is 0 Å². The van der Waals surface area contributed by atoms with Crippen molar-refractivity contribution < 1.29 is 0 Å². The van der Waals surface area contributed by atoms with Crippen molar-refractivity contribution in [2.24, 2.45) is 4.99 Å². The number of guanidine groups is 1. The minimum absolute atomic E-state index is 0. The number of rotatable bonds is 10. The van der Waals surface area contributed by atoms with E-state index in [0.717, 1.165) is 25.6 Å². The zero-order valence-electron chi connectivity index (χ0n) is 16.2. The number of likely N-dealkylation sites (tertiary alicyclic amines) is 1. The summed E-state index contributed by atoms with van der Waals surface area (Å²) in [5, 5.41) is 6.82. The van der Waals surface area contributed by atoms with E-state index in [4.69, 9.17) is 4.99 Å². The lowest BCUT2D eigenvalue weighted by Gasteiger charge is -2.26. The Bertz CT molecular complexity index is 331. The summed E-state index contributed by atoms with van der Waals surface area (Å²) in [7, 11) is 0. The number of halogens is 1. The van der Waals surface area contributed by atoms with Crippen molar-refractivity contribution >= 4 is 41.7 Å². The van der Waals surface area contributed by atoms with E-state index in [2.05, 4.69) is 42.6 Å². The second kappa shape index (κ2) is 14.5. The van der Waals surface area contributed by atoms with Crippen molar-refractivity contribution in [2.75, 3.05) is 45.5 Å². The van der Waals surface area contributed by atoms with Gasteiger partial charge in [0.15, 0.2) is 5.96 Å². The first-order valence-corrected chi connectivity index (χ1v) is 10.6. The number of unbranched alkanes of at least 4 members (excludes halogenated alkanes) is 2. The van der Waals surface area contributed by atoms with Crippen molar-refractivity contribution in [3.63, 3.8) is 0 Å². The third-order valence-electron chi connectivity index (χ3n) is 4.41. The maximum atomic E-state index is 4.71. The summed E-state index contributed by atoms with van der Waals surface area (Å²) in [6, 6.07) is 0. The zero-order valence-corrected chi connectivity index (χ0v) is 19.3. The Hall–Kier alpha value is 0.310. The van der Waals surface area contributed by atoms with Gasteiger partial charge in [0.1, 0.15) is 0 Å². The molecule has 1 aliphatic rings. The Morgan fingerprint density at radius 3 is 2.42 bits per heavy atom. The molecule has 0 aromatic rings. The molecule has 1 saturated heterocycles. The summed E-state index contributed by atoms with van der Waals surface area (Å²) in [5.41, 5.74) is 0. The molecule has 4 nitrogen and oxygen atoms in total. The Morgan fingerprint density at radius 2 is 1.79 bits per heavy atom. The van der Waals surface area contributed by atoms with Crippen molar-refractivity contribution in [3.8, 4) is 0 Å². The van der Waals surface area contributed by atoms with Crippen LogP contribution < -0.4 is 10.6 Å². The molecule has 0 aliphatic carbocycles. The first kappa shape index (κ1) is 24.3. The Kier molecular flexibility index (Phi) is 14.7. The molecule has 1 aliphatic heterocycles. The summed E-state index contributed by atoms with van der Waals surface area (Å²) in [6.45, 7) is 13.3. The molecule has 0 saturated carbocycles. The first-order chi connectivity index (χ1) is 11.1. The van der Waals surface area contributed by atoms with Gasteiger partial charge < -0.3 is 15.5 Å². The lowest BCUT2D eigenvalue weighted by atomic mass is 10.1. The number of nitrogens with zero attached hydrogens (tertiary/aromatic N) is 2. The van der Waals surface area contributed by atoms with Gasteiger partial charge in [-0.15, -0.1) is 24.0 Å². The van der Waals surface area contributed by atoms with Gasteiger partial charge in [0.25, 0.3) is 0 Å². The van der Waals surface area contributed by atoms with Crippen molar-refractivity contribution in [1.29, 1.82) is 0 Å². The molecule has 6 heteroatoms. The van der Waals surface area contributed by atoms with Gasteiger partial charge in [-0.2, -0.15) is 11.8 Å². The minimum atomic E-state index is 0. The molecule has 1 heterocycles. The number of hydrogen-bond donors (Lipinski definition) is 2. The third-order valence-corrected chi connectivity index (χ3v) is 5.64. The van der Waals surface area contributed by atoms with E-state index in [1.165, 1.54) is 58.2 Å². The molecular formula is C18H39IN4S. The molecule has 24 heavy (non-hydrogen) atoms. The number of nitrogens with one attached hydrogen (secondary N) is 2. The van der Waals surface area contributed by atoms with Crippen LogP contribution in [0.1, 0.15) is 59.3 Å². The lowest BCUT2D eigenvalue weighted by Crippen LogP contribution is -2.39. The van der Waals surface area contributed by atoms with E-state index in [1.807, 2.05) is 11.8 Å². The zero-order chi connectivity index (χ0) is 17.0. The van der Waals surface area contributed by atoms with Crippen LogP contribution in [0.2, 0.25) is 0 Å². The van der Waals surface area contributed by atoms with E-state index >= 15 is 0 Å². The highest BCUT2D eigenvalue weighted by atomic mass is 127. The van der Waals surface area contributed by atoms with Gasteiger partial charge >= 0.3 is 0 Å². The highest BCUT2D eigenvalue weighted by molar-refractivity contribution is 14.0. The number of hydrogen-bond acceptors (Lipinski definition) is 3. The summed E-state index contributed by atoms with van der Waals surface area (Å²) in [5.74, 6) is 0.964. The largest absolute Gasteiger partial charge is 0.357 e. The molecule has 1 rings (SSSR count). The van der Waals surface area contributed by atoms with Crippen molar-refractivity contribution in [1.82, 2.24) is 15.5 Å². The topological polar surface area (TPSA) is 39.7 Å². The molecule has 0 atom stereocenters. The predicted octanol–water partition coefficient (Wildman–Crippen LogP) is 3.96. The maximum absolute atomic E-state index is 4.71. The highest BCUT2D eigenvalue weighted by Crippen LogP contribution is 2.20. The fourth-order valence-corrected chi connectivity index (χ4v) is 2.90. The molecule has 0 aromatic carbocycles. The average Bonchev–Trinajstić information content (AvgIpc) is 2.56. The molecule has 2 N–H and O–H groups in total. The van der Waals surface area contributed by atoms with Crippen LogP contribution in [0.5, 0.6) is 0 Å². The molecule has 0 spiro atoms. The summed E-state index contributed by atoms with van der Waals surface area (Å²) >= 11 is 1.87. The minimum Gasteiger partial charge on any atom is -0.357 e. The van der Waals surface area contributed by atoms with E-state index in [1.54, 1.807) is 0 Å². The monoisotopic (exact) mass is 470 g/mol. The van der Waals surface area contributed by atoms with Gasteiger partial charge in [-0.1, -0.05) is 12.8 Å². The van der Waals surface area contributed by atoms with Gasteiger partial charge in [-0.05, 0) is 72.3 Å². The third kappa shape index (κ3) is 11.8. The first-order valence-electron chi connectivity index (χ1n) is 9.37.